The lowest BCUT2D eigenvalue weighted by molar-refractivity contribution is 0.0933. The predicted octanol–water partition coefficient (Wildman–Crippen LogP) is 0.517. The summed E-state index contributed by atoms with van der Waals surface area (Å²) in [5, 5.41) is 19.3. The molecule has 0 fully saturated rings. The molecule has 1 unspecified atom stereocenters. The van der Waals surface area contributed by atoms with Crippen LogP contribution >= 0.6 is 0 Å². The van der Waals surface area contributed by atoms with Gasteiger partial charge in [0, 0.05) is 18.4 Å². The number of nitrogens with one attached hydrogen (secondary N) is 3. The van der Waals surface area contributed by atoms with Crippen LogP contribution in [0.4, 0.5) is 5.69 Å². The maximum atomic E-state index is 12.0. The Bertz CT molecular complexity index is 540. The van der Waals surface area contributed by atoms with E-state index in [9.17, 15) is 4.79 Å². The number of anilines is 1. The lowest BCUT2D eigenvalue weighted by Crippen LogP contribution is -2.28. The van der Waals surface area contributed by atoms with Crippen molar-refractivity contribution < 1.29 is 4.79 Å². The molecule has 0 bridgehead atoms. The van der Waals surface area contributed by atoms with Crippen molar-refractivity contribution in [3.63, 3.8) is 0 Å². The Kier molecular flexibility index (Phi) is 4.01. The van der Waals surface area contributed by atoms with Crippen molar-refractivity contribution in [2.45, 2.75) is 19.9 Å². The zero-order valence-corrected chi connectivity index (χ0v) is 10.7. The summed E-state index contributed by atoms with van der Waals surface area (Å²) in [5.74, 6) is 0.147. The van der Waals surface area contributed by atoms with Crippen LogP contribution in [0.25, 0.3) is 0 Å². The molecule has 2 heterocycles. The second-order valence-corrected chi connectivity index (χ2v) is 3.93. The van der Waals surface area contributed by atoms with E-state index in [4.69, 9.17) is 0 Å². The van der Waals surface area contributed by atoms with Crippen molar-refractivity contribution in [2.75, 3.05) is 11.9 Å². The van der Waals surface area contributed by atoms with E-state index in [1.165, 1.54) is 0 Å². The van der Waals surface area contributed by atoms with E-state index in [1.807, 2.05) is 13.0 Å². The van der Waals surface area contributed by atoms with Gasteiger partial charge in [-0.25, -0.2) is 0 Å². The molecule has 2 aromatic heterocycles. The van der Waals surface area contributed by atoms with Crippen LogP contribution < -0.4 is 10.6 Å². The molecule has 1 amide bonds. The quantitative estimate of drug-likeness (QED) is 0.724. The fraction of sp³-hybridized carbons (Fsp3) is 0.364. The third kappa shape index (κ3) is 3.24. The van der Waals surface area contributed by atoms with Gasteiger partial charge in [-0.3, -0.25) is 9.78 Å². The van der Waals surface area contributed by atoms with E-state index >= 15 is 0 Å². The molecular weight excluding hydrogens is 246 g/mol. The molecule has 2 rings (SSSR count). The Morgan fingerprint density at radius 1 is 1.53 bits per heavy atom. The Morgan fingerprint density at radius 3 is 3.05 bits per heavy atom. The van der Waals surface area contributed by atoms with Gasteiger partial charge < -0.3 is 10.6 Å². The molecule has 0 saturated heterocycles. The normalized spacial score (nSPS) is 11.9. The molecule has 0 aliphatic rings. The summed E-state index contributed by atoms with van der Waals surface area (Å²) in [7, 11) is 0. The minimum atomic E-state index is -0.337. The first-order valence-electron chi connectivity index (χ1n) is 5.95. The van der Waals surface area contributed by atoms with Crippen molar-refractivity contribution in [3.8, 4) is 0 Å². The van der Waals surface area contributed by atoms with Crippen molar-refractivity contribution in [3.05, 3.63) is 29.8 Å². The van der Waals surface area contributed by atoms with Gasteiger partial charge in [0.05, 0.1) is 6.04 Å². The van der Waals surface area contributed by atoms with Gasteiger partial charge in [-0.2, -0.15) is 5.21 Å². The SMILES string of the molecule is CCNc1ccnc(C(=O)NC(C)c2nn[nH]n2)c1. The maximum Gasteiger partial charge on any atom is 0.270 e. The van der Waals surface area contributed by atoms with E-state index in [-0.39, 0.29) is 11.9 Å². The summed E-state index contributed by atoms with van der Waals surface area (Å²) in [4.78, 5) is 16.1. The average Bonchev–Trinajstić information content (AvgIpc) is 2.93. The molecule has 19 heavy (non-hydrogen) atoms. The van der Waals surface area contributed by atoms with Crippen molar-refractivity contribution in [2.24, 2.45) is 0 Å². The van der Waals surface area contributed by atoms with Crippen molar-refractivity contribution in [1.29, 1.82) is 0 Å². The van der Waals surface area contributed by atoms with Gasteiger partial charge in [0.15, 0.2) is 5.82 Å². The molecule has 0 aromatic carbocycles. The molecule has 100 valence electrons. The van der Waals surface area contributed by atoms with Crippen LogP contribution in [-0.2, 0) is 0 Å². The Balaban J connectivity index is 2.05. The van der Waals surface area contributed by atoms with Crippen LogP contribution in [0.5, 0.6) is 0 Å². The van der Waals surface area contributed by atoms with Crippen molar-refractivity contribution >= 4 is 11.6 Å². The van der Waals surface area contributed by atoms with Gasteiger partial charge >= 0.3 is 0 Å². The molecule has 8 heteroatoms. The van der Waals surface area contributed by atoms with Gasteiger partial charge in [-0.05, 0) is 26.0 Å². The first-order valence-corrected chi connectivity index (χ1v) is 5.95. The number of tetrazole rings is 1. The molecule has 2 aromatic rings. The van der Waals surface area contributed by atoms with Crippen LogP contribution in [0.15, 0.2) is 18.3 Å². The topological polar surface area (TPSA) is 108 Å². The van der Waals surface area contributed by atoms with Gasteiger partial charge in [0.25, 0.3) is 5.91 Å². The van der Waals surface area contributed by atoms with Crippen LogP contribution in [0.2, 0.25) is 0 Å². The largest absolute Gasteiger partial charge is 0.385 e. The number of rotatable bonds is 5. The number of carbonyl (C=O) groups is 1. The number of amides is 1. The van der Waals surface area contributed by atoms with Gasteiger partial charge in [0.1, 0.15) is 5.69 Å². The molecule has 8 nitrogen and oxygen atoms in total. The summed E-state index contributed by atoms with van der Waals surface area (Å²) >= 11 is 0. The highest BCUT2D eigenvalue weighted by molar-refractivity contribution is 5.93. The van der Waals surface area contributed by atoms with Crippen LogP contribution in [-0.4, -0.2) is 38.1 Å². The van der Waals surface area contributed by atoms with Crippen LogP contribution in [0.3, 0.4) is 0 Å². The zero-order valence-electron chi connectivity index (χ0n) is 10.7. The first-order chi connectivity index (χ1) is 9.20. The number of hydrogen-bond donors (Lipinski definition) is 3. The molecule has 0 saturated carbocycles. The minimum absolute atomic E-state index is 0.281. The predicted molar refractivity (Wildman–Crippen MR) is 68.5 cm³/mol. The Morgan fingerprint density at radius 2 is 2.37 bits per heavy atom. The molecular formula is C11H15N7O. The summed E-state index contributed by atoms with van der Waals surface area (Å²) in [6.07, 6.45) is 1.59. The van der Waals surface area contributed by atoms with E-state index in [0.717, 1.165) is 12.2 Å². The number of carbonyl (C=O) groups excluding carboxylic acids is 1. The lowest BCUT2D eigenvalue weighted by Gasteiger charge is -2.10. The average molecular weight is 261 g/mol. The fourth-order valence-corrected chi connectivity index (χ4v) is 1.56. The monoisotopic (exact) mass is 261 g/mol. The highest BCUT2D eigenvalue weighted by atomic mass is 16.1. The number of H-pyrrole nitrogens is 1. The highest BCUT2D eigenvalue weighted by Gasteiger charge is 2.15. The third-order valence-corrected chi connectivity index (χ3v) is 2.47. The van der Waals surface area contributed by atoms with E-state index < -0.39 is 0 Å². The third-order valence-electron chi connectivity index (χ3n) is 2.47. The Labute approximate surface area is 110 Å². The molecule has 0 spiro atoms. The first kappa shape index (κ1) is 12.9. The summed E-state index contributed by atoms with van der Waals surface area (Å²) in [6, 6.07) is 3.17. The number of aromatic nitrogens is 5. The standard InChI is InChI=1S/C11H15N7O/c1-3-12-8-4-5-13-9(6-8)11(19)14-7(2)10-15-17-18-16-10/h4-7H,3H2,1-2H3,(H,12,13)(H,14,19)(H,15,16,17,18). The number of pyridine rings is 1. The number of aromatic amines is 1. The van der Waals surface area contributed by atoms with Crippen LogP contribution in [0.1, 0.15) is 36.2 Å². The van der Waals surface area contributed by atoms with Gasteiger partial charge in [-0.15, -0.1) is 10.2 Å². The molecule has 1 atom stereocenters. The molecule has 3 N–H and O–H groups in total. The molecule has 0 aliphatic carbocycles. The second kappa shape index (κ2) is 5.89. The fourth-order valence-electron chi connectivity index (χ4n) is 1.56. The van der Waals surface area contributed by atoms with Gasteiger partial charge in [0.2, 0.25) is 0 Å². The van der Waals surface area contributed by atoms with Crippen LogP contribution in [0, 0.1) is 0 Å². The molecule has 0 radical (unpaired) electrons. The lowest BCUT2D eigenvalue weighted by atomic mass is 10.2. The zero-order chi connectivity index (χ0) is 13.7. The van der Waals surface area contributed by atoms with E-state index in [1.54, 1.807) is 19.2 Å². The summed E-state index contributed by atoms with van der Waals surface area (Å²) in [6.45, 7) is 4.54. The number of nitrogens with zero attached hydrogens (tertiary/aromatic N) is 4. The maximum absolute atomic E-state index is 12.0. The smallest absolute Gasteiger partial charge is 0.270 e. The highest BCUT2D eigenvalue weighted by Crippen LogP contribution is 2.09. The van der Waals surface area contributed by atoms with E-state index in [2.05, 4.69) is 36.2 Å². The van der Waals surface area contributed by atoms with E-state index in [0.29, 0.717) is 11.5 Å². The number of hydrogen-bond acceptors (Lipinski definition) is 6. The molecule has 0 aliphatic heterocycles. The minimum Gasteiger partial charge on any atom is -0.385 e. The summed E-state index contributed by atoms with van der Waals surface area (Å²) < 4.78 is 0. The Hall–Kier alpha value is -2.51. The van der Waals surface area contributed by atoms with Gasteiger partial charge in [-0.1, -0.05) is 5.21 Å². The van der Waals surface area contributed by atoms with Crippen molar-refractivity contribution in [1.82, 2.24) is 30.9 Å². The second-order valence-electron chi connectivity index (χ2n) is 3.93. The summed E-state index contributed by atoms with van der Waals surface area (Å²) in [5.41, 5.74) is 1.20.